The van der Waals surface area contributed by atoms with Crippen molar-refractivity contribution in [3.63, 3.8) is 0 Å². The molecular formula is C6H6ClN3O2. The van der Waals surface area contributed by atoms with Crippen molar-refractivity contribution < 1.29 is 9.53 Å². The number of aryl methyl sites for hydroxylation is 1. The maximum Gasteiger partial charge on any atom is 0.376 e. The molecule has 0 radical (unpaired) electrons. The first-order chi connectivity index (χ1) is 5.63. The van der Waals surface area contributed by atoms with E-state index < -0.39 is 5.97 Å². The molecule has 1 heterocycles. The molecule has 0 N–H and O–H groups in total. The van der Waals surface area contributed by atoms with Crippen LogP contribution in [0.3, 0.4) is 0 Å². The molecule has 0 aliphatic carbocycles. The molecular weight excluding hydrogens is 182 g/mol. The normalized spacial score (nSPS) is 9.58. The van der Waals surface area contributed by atoms with E-state index in [-0.39, 0.29) is 11.1 Å². The Labute approximate surface area is 73.8 Å². The summed E-state index contributed by atoms with van der Waals surface area (Å²) in [6, 6.07) is 0. The second kappa shape index (κ2) is 3.44. The highest BCUT2D eigenvalue weighted by Gasteiger charge is 2.10. The highest BCUT2D eigenvalue weighted by Crippen LogP contribution is 2.01. The van der Waals surface area contributed by atoms with Gasteiger partial charge in [-0.3, -0.25) is 0 Å². The van der Waals surface area contributed by atoms with Crippen LogP contribution in [0.15, 0.2) is 0 Å². The van der Waals surface area contributed by atoms with Crippen molar-refractivity contribution in [1.82, 2.24) is 15.0 Å². The van der Waals surface area contributed by atoms with Gasteiger partial charge >= 0.3 is 5.97 Å². The van der Waals surface area contributed by atoms with E-state index in [1.807, 2.05) is 0 Å². The maximum absolute atomic E-state index is 10.9. The molecule has 64 valence electrons. The zero-order chi connectivity index (χ0) is 9.14. The van der Waals surface area contributed by atoms with E-state index >= 15 is 0 Å². The Hall–Kier alpha value is -1.23. The van der Waals surface area contributed by atoms with Crippen molar-refractivity contribution in [3.05, 3.63) is 16.9 Å². The van der Waals surface area contributed by atoms with Gasteiger partial charge in [0.25, 0.3) is 0 Å². The Kier molecular flexibility index (Phi) is 2.54. The van der Waals surface area contributed by atoms with Gasteiger partial charge in [-0.2, -0.15) is 4.98 Å². The topological polar surface area (TPSA) is 65.0 Å². The van der Waals surface area contributed by atoms with E-state index in [9.17, 15) is 4.79 Å². The van der Waals surface area contributed by atoms with Crippen LogP contribution >= 0.6 is 11.6 Å². The van der Waals surface area contributed by atoms with Gasteiger partial charge in [0.15, 0.2) is 0 Å². The molecule has 0 aromatic carbocycles. The fourth-order valence-corrected chi connectivity index (χ4v) is 0.834. The van der Waals surface area contributed by atoms with Crippen LogP contribution in [0.1, 0.15) is 16.4 Å². The van der Waals surface area contributed by atoms with E-state index in [0.717, 1.165) is 0 Å². The van der Waals surface area contributed by atoms with E-state index in [2.05, 4.69) is 19.7 Å². The summed E-state index contributed by atoms with van der Waals surface area (Å²) in [4.78, 5) is 21.9. The molecule has 5 nitrogen and oxygen atoms in total. The van der Waals surface area contributed by atoms with E-state index in [0.29, 0.717) is 5.82 Å². The zero-order valence-electron chi connectivity index (χ0n) is 6.54. The van der Waals surface area contributed by atoms with Gasteiger partial charge in [-0.05, 0) is 18.5 Å². The molecule has 0 bridgehead atoms. The Morgan fingerprint density at radius 2 is 2.08 bits per heavy atom. The summed E-state index contributed by atoms with van der Waals surface area (Å²) in [6.07, 6.45) is 0. The minimum atomic E-state index is -0.623. The lowest BCUT2D eigenvalue weighted by Gasteiger charge is -1.97. The number of carbonyl (C=O) groups is 1. The lowest BCUT2D eigenvalue weighted by molar-refractivity contribution is 0.0586. The van der Waals surface area contributed by atoms with Crippen molar-refractivity contribution in [1.29, 1.82) is 0 Å². The maximum atomic E-state index is 10.9. The van der Waals surface area contributed by atoms with Gasteiger partial charge in [0.1, 0.15) is 5.82 Å². The van der Waals surface area contributed by atoms with Gasteiger partial charge in [-0.1, -0.05) is 0 Å². The molecule has 0 atom stereocenters. The largest absolute Gasteiger partial charge is 0.463 e. The van der Waals surface area contributed by atoms with Crippen LogP contribution in [0.4, 0.5) is 0 Å². The van der Waals surface area contributed by atoms with Crippen LogP contribution in [-0.2, 0) is 4.74 Å². The monoisotopic (exact) mass is 187 g/mol. The minimum absolute atomic E-state index is 0.0112. The van der Waals surface area contributed by atoms with E-state index in [4.69, 9.17) is 11.6 Å². The Balaban J connectivity index is 3.08. The van der Waals surface area contributed by atoms with Gasteiger partial charge in [-0.15, -0.1) is 0 Å². The predicted molar refractivity (Wildman–Crippen MR) is 40.9 cm³/mol. The van der Waals surface area contributed by atoms with Crippen LogP contribution < -0.4 is 0 Å². The summed E-state index contributed by atoms with van der Waals surface area (Å²) in [7, 11) is 1.25. The highest BCUT2D eigenvalue weighted by atomic mass is 35.5. The number of carbonyl (C=O) groups excluding carboxylic acids is 1. The Morgan fingerprint density at radius 3 is 2.58 bits per heavy atom. The lowest BCUT2D eigenvalue weighted by Crippen LogP contribution is -2.09. The minimum Gasteiger partial charge on any atom is -0.463 e. The number of ether oxygens (including phenoxy) is 1. The molecule has 0 saturated heterocycles. The van der Waals surface area contributed by atoms with Crippen molar-refractivity contribution in [2.45, 2.75) is 6.92 Å². The first-order valence-electron chi connectivity index (χ1n) is 3.10. The molecule has 0 unspecified atom stereocenters. The second-order valence-corrected chi connectivity index (χ2v) is 2.30. The molecule has 1 aromatic rings. The van der Waals surface area contributed by atoms with E-state index in [1.165, 1.54) is 7.11 Å². The molecule has 12 heavy (non-hydrogen) atoms. The summed E-state index contributed by atoms with van der Waals surface area (Å²) in [5, 5.41) is -0.0112. The molecule has 0 amide bonds. The summed E-state index contributed by atoms with van der Waals surface area (Å²) in [5.41, 5.74) is 0. The third kappa shape index (κ3) is 1.88. The van der Waals surface area contributed by atoms with Gasteiger partial charge in [0, 0.05) is 0 Å². The summed E-state index contributed by atoms with van der Waals surface area (Å²) in [6.45, 7) is 1.61. The van der Waals surface area contributed by atoms with Crippen LogP contribution in [0.5, 0.6) is 0 Å². The molecule has 0 aliphatic heterocycles. The van der Waals surface area contributed by atoms with Crippen LogP contribution in [0.2, 0.25) is 5.28 Å². The number of rotatable bonds is 1. The Bertz CT molecular complexity index is 295. The zero-order valence-corrected chi connectivity index (χ0v) is 7.29. The Morgan fingerprint density at radius 1 is 1.42 bits per heavy atom. The average Bonchev–Trinajstić information content (AvgIpc) is 2.01. The summed E-state index contributed by atoms with van der Waals surface area (Å²) in [5.74, 6) is -0.312. The average molecular weight is 188 g/mol. The number of halogens is 1. The molecule has 0 saturated carbocycles. The van der Waals surface area contributed by atoms with Crippen LogP contribution in [0, 0.1) is 6.92 Å². The van der Waals surface area contributed by atoms with Gasteiger partial charge in [-0.25, -0.2) is 14.8 Å². The molecule has 0 fully saturated rings. The first kappa shape index (κ1) is 8.86. The summed E-state index contributed by atoms with van der Waals surface area (Å²) < 4.78 is 4.40. The molecule has 0 aliphatic rings. The number of hydrogen-bond acceptors (Lipinski definition) is 5. The standard InChI is InChI=1S/C6H6ClN3O2/c1-3-8-4(5(11)12-2)10-6(7)9-3/h1-2H3. The van der Waals surface area contributed by atoms with E-state index in [1.54, 1.807) is 6.92 Å². The molecule has 0 spiro atoms. The van der Waals surface area contributed by atoms with Crippen molar-refractivity contribution in [2.24, 2.45) is 0 Å². The van der Waals surface area contributed by atoms with Crippen molar-refractivity contribution in [2.75, 3.05) is 7.11 Å². The smallest absolute Gasteiger partial charge is 0.376 e. The van der Waals surface area contributed by atoms with Gasteiger partial charge in [0.05, 0.1) is 7.11 Å². The predicted octanol–water partition coefficient (Wildman–Crippen LogP) is 0.620. The number of esters is 1. The number of aromatic nitrogens is 3. The highest BCUT2D eigenvalue weighted by molar-refractivity contribution is 6.28. The first-order valence-corrected chi connectivity index (χ1v) is 3.48. The fourth-order valence-electron chi connectivity index (χ4n) is 0.632. The van der Waals surface area contributed by atoms with Crippen molar-refractivity contribution in [3.8, 4) is 0 Å². The quantitative estimate of drug-likeness (QED) is 0.603. The van der Waals surface area contributed by atoms with Crippen molar-refractivity contribution >= 4 is 17.6 Å². The number of hydrogen-bond donors (Lipinski definition) is 0. The van der Waals surface area contributed by atoms with Crippen LogP contribution in [0.25, 0.3) is 0 Å². The third-order valence-electron chi connectivity index (χ3n) is 1.09. The van der Waals surface area contributed by atoms with Gasteiger partial charge in [0.2, 0.25) is 11.1 Å². The molecule has 1 aromatic heterocycles. The number of nitrogens with zero attached hydrogens (tertiary/aromatic N) is 3. The third-order valence-corrected chi connectivity index (χ3v) is 1.26. The van der Waals surface area contributed by atoms with Crippen LogP contribution in [-0.4, -0.2) is 28.0 Å². The molecule has 6 heteroatoms. The molecule has 1 rings (SSSR count). The fraction of sp³-hybridized carbons (Fsp3) is 0.333. The number of methoxy groups -OCH3 is 1. The summed E-state index contributed by atoms with van der Waals surface area (Å²) >= 11 is 5.48. The SMILES string of the molecule is COC(=O)c1nc(C)nc(Cl)n1. The lowest BCUT2D eigenvalue weighted by atomic mass is 10.6. The van der Waals surface area contributed by atoms with Gasteiger partial charge < -0.3 is 4.74 Å². The second-order valence-electron chi connectivity index (χ2n) is 1.97.